The zero-order valence-electron chi connectivity index (χ0n) is 20.2. The van der Waals surface area contributed by atoms with Gasteiger partial charge in [-0.1, -0.05) is 70.2 Å². The molecule has 0 spiro atoms. The third-order valence-corrected chi connectivity index (χ3v) is 9.47. The maximum atomic E-state index is 15.0. The van der Waals surface area contributed by atoms with E-state index in [1.807, 2.05) is 56.6 Å². The first-order valence-corrected chi connectivity index (χ1v) is 13.1. The van der Waals surface area contributed by atoms with E-state index in [0.29, 0.717) is 6.54 Å². The molecule has 1 atom stereocenters. The highest BCUT2D eigenvalue weighted by molar-refractivity contribution is 7.71. The molecule has 0 saturated carbocycles. The molecule has 1 aromatic heterocycles. The minimum atomic E-state index is -3.25. The van der Waals surface area contributed by atoms with Crippen LogP contribution in [0, 0.1) is 15.9 Å². The van der Waals surface area contributed by atoms with Crippen molar-refractivity contribution < 1.29 is 13.8 Å². The average molecular weight is 495 g/mol. The second kappa shape index (κ2) is 9.62. The maximum absolute atomic E-state index is 15.0. The van der Waals surface area contributed by atoms with Crippen molar-refractivity contribution in [3.05, 3.63) is 88.7 Å². The van der Waals surface area contributed by atoms with Gasteiger partial charge in [0, 0.05) is 23.2 Å². The molecule has 0 N–H and O–H groups in total. The van der Waals surface area contributed by atoms with Gasteiger partial charge in [0.1, 0.15) is 11.1 Å². The number of halogens is 1. The fourth-order valence-corrected chi connectivity index (χ4v) is 7.30. The fourth-order valence-electron chi connectivity index (χ4n) is 3.99. The second-order valence-electron chi connectivity index (χ2n) is 9.18. The van der Waals surface area contributed by atoms with Crippen molar-refractivity contribution in [3.8, 4) is 5.75 Å². The van der Waals surface area contributed by atoms with Crippen LogP contribution in [0.1, 0.15) is 34.1 Å². The quantitative estimate of drug-likeness (QED) is 0.152. The lowest BCUT2D eigenvalue weighted by Gasteiger charge is -2.37. The van der Waals surface area contributed by atoms with Crippen LogP contribution in [0.5, 0.6) is 5.75 Å². The van der Waals surface area contributed by atoms with E-state index in [1.54, 1.807) is 36.4 Å². The van der Waals surface area contributed by atoms with Crippen LogP contribution >= 0.6 is 7.28 Å². The Morgan fingerprint density at radius 3 is 2.40 bits per heavy atom. The summed E-state index contributed by atoms with van der Waals surface area (Å²) in [5, 5.41) is 16.9. The van der Waals surface area contributed by atoms with Crippen molar-refractivity contribution >= 4 is 35.0 Å². The SMILES string of the molecule is CCCn1nc2ccccc2c1[P@@](=Nc1ccccc1[N+](=O)[O-])(Oc1ccccc1F)C(C)(C)C. The van der Waals surface area contributed by atoms with Crippen molar-refractivity contribution in [2.24, 2.45) is 4.74 Å². The van der Waals surface area contributed by atoms with Crippen LogP contribution < -0.4 is 9.96 Å². The van der Waals surface area contributed by atoms with Crippen molar-refractivity contribution in [1.82, 2.24) is 9.78 Å². The molecule has 0 radical (unpaired) electrons. The molecule has 0 unspecified atom stereocenters. The Kier molecular flexibility index (Phi) is 6.77. The number of benzene rings is 3. The number of nitro benzene ring substituents is 1. The smallest absolute Gasteiger partial charge is 0.294 e. The zero-order valence-corrected chi connectivity index (χ0v) is 21.1. The van der Waals surface area contributed by atoms with E-state index in [9.17, 15) is 14.5 Å². The number of nitro groups is 1. The van der Waals surface area contributed by atoms with E-state index in [1.165, 1.54) is 12.1 Å². The lowest BCUT2D eigenvalue weighted by Crippen LogP contribution is -2.32. The molecule has 0 amide bonds. The summed E-state index contributed by atoms with van der Waals surface area (Å²) in [5.41, 5.74) is 1.54. The summed E-state index contributed by atoms with van der Waals surface area (Å²) < 4.78 is 28.6. The number of para-hydroxylation sites is 2. The first-order valence-electron chi connectivity index (χ1n) is 11.4. The second-order valence-corrected chi connectivity index (χ2v) is 12.5. The standard InChI is InChI=1S/C26H28FN4O3P/c1-5-18-30-25(19-12-6-8-14-21(19)28-30)35(26(2,3)4,34-24-17-11-7-13-20(24)27)29-22-15-9-10-16-23(22)31(32)33/h6-17H,5,18H2,1-4H3/t35-/m1/s1. The molecule has 0 saturated heterocycles. The number of rotatable bonds is 7. The molecule has 7 nitrogen and oxygen atoms in total. The molecule has 4 rings (SSSR count). The fraction of sp³-hybridized carbons (Fsp3) is 0.269. The van der Waals surface area contributed by atoms with Crippen molar-refractivity contribution in [3.63, 3.8) is 0 Å². The van der Waals surface area contributed by atoms with Gasteiger partial charge in [0.2, 0.25) is 0 Å². The number of nitrogens with zero attached hydrogens (tertiary/aromatic N) is 4. The molecule has 0 aliphatic heterocycles. The highest BCUT2D eigenvalue weighted by Crippen LogP contribution is 2.63. The monoisotopic (exact) mass is 494 g/mol. The minimum Gasteiger partial charge on any atom is -0.451 e. The lowest BCUT2D eigenvalue weighted by atomic mass is 10.2. The van der Waals surface area contributed by atoms with Crippen molar-refractivity contribution in [1.29, 1.82) is 0 Å². The molecule has 3 aromatic carbocycles. The third kappa shape index (κ3) is 4.58. The normalized spacial score (nSPS) is 13.4. The van der Waals surface area contributed by atoms with Gasteiger partial charge in [0.25, 0.3) is 5.69 Å². The van der Waals surface area contributed by atoms with Gasteiger partial charge in [-0.2, -0.15) is 5.10 Å². The Morgan fingerprint density at radius 2 is 1.71 bits per heavy atom. The number of aromatic nitrogens is 2. The molecule has 9 heteroatoms. The number of fused-ring (bicyclic) bond motifs is 1. The molecule has 0 fully saturated rings. The summed E-state index contributed by atoms with van der Waals surface area (Å²) in [5.74, 6) is -0.476. The lowest BCUT2D eigenvalue weighted by molar-refractivity contribution is -0.384. The van der Waals surface area contributed by atoms with Gasteiger partial charge < -0.3 is 4.52 Å². The van der Waals surface area contributed by atoms with E-state index in [-0.39, 0.29) is 17.1 Å². The van der Waals surface area contributed by atoms with E-state index in [4.69, 9.17) is 14.4 Å². The van der Waals surface area contributed by atoms with Gasteiger partial charge in [-0.15, -0.1) is 0 Å². The Balaban J connectivity index is 2.19. The summed E-state index contributed by atoms with van der Waals surface area (Å²) in [6.45, 7) is 8.55. The molecule has 182 valence electrons. The maximum Gasteiger partial charge on any atom is 0.294 e. The topological polar surface area (TPSA) is 82.5 Å². The largest absolute Gasteiger partial charge is 0.451 e. The summed E-state index contributed by atoms with van der Waals surface area (Å²) >= 11 is 0. The molecule has 4 aromatic rings. The first kappa shape index (κ1) is 24.6. The highest BCUT2D eigenvalue weighted by atomic mass is 31.2. The van der Waals surface area contributed by atoms with E-state index in [2.05, 4.69) is 0 Å². The van der Waals surface area contributed by atoms with Gasteiger partial charge in [0.05, 0.1) is 10.4 Å². The van der Waals surface area contributed by atoms with Crippen LogP contribution in [0.2, 0.25) is 0 Å². The van der Waals surface area contributed by atoms with Crippen LogP contribution in [0.3, 0.4) is 0 Å². The molecule has 35 heavy (non-hydrogen) atoms. The molecular weight excluding hydrogens is 466 g/mol. The Morgan fingerprint density at radius 1 is 1.06 bits per heavy atom. The molecular formula is C26H28FN4O3P. The molecule has 0 aliphatic rings. The molecule has 1 heterocycles. The van der Waals surface area contributed by atoms with Crippen molar-refractivity contribution in [2.75, 3.05) is 0 Å². The zero-order chi connectivity index (χ0) is 25.2. The van der Waals surface area contributed by atoms with E-state index in [0.717, 1.165) is 22.8 Å². The van der Waals surface area contributed by atoms with Crippen LogP contribution in [0.4, 0.5) is 15.8 Å². The Bertz CT molecular complexity index is 1440. The van der Waals surface area contributed by atoms with E-state index < -0.39 is 23.2 Å². The molecule has 0 bridgehead atoms. The van der Waals surface area contributed by atoms with Gasteiger partial charge in [-0.3, -0.25) is 14.8 Å². The van der Waals surface area contributed by atoms with Gasteiger partial charge in [0.15, 0.2) is 18.8 Å². The van der Waals surface area contributed by atoms with Crippen LogP contribution in [-0.4, -0.2) is 19.9 Å². The summed E-state index contributed by atoms with van der Waals surface area (Å²) in [6, 6.07) is 20.2. The van der Waals surface area contributed by atoms with Gasteiger partial charge in [-0.05, 0) is 30.7 Å². The number of aryl methyl sites for hydroxylation is 1. The Labute approximate surface area is 203 Å². The van der Waals surface area contributed by atoms with Crippen molar-refractivity contribution in [2.45, 2.75) is 45.8 Å². The van der Waals surface area contributed by atoms with Crippen LogP contribution in [0.15, 0.2) is 77.5 Å². The average Bonchev–Trinajstić information content (AvgIpc) is 3.18. The van der Waals surface area contributed by atoms with E-state index >= 15 is 0 Å². The third-order valence-electron chi connectivity index (χ3n) is 5.64. The minimum absolute atomic E-state index is 0.0476. The summed E-state index contributed by atoms with van der Waals surface area (Å²) in [7, 11) is -3.25. The highest BCUT2D eigenvalue weighted by Gasteiger charge is 2.44. The number of hydrogen-bond donors (Lipinski definition) is 0. The number of hydrogen-bond acceptors (Lipinski definition) is 5. The van der Waals surface area contributed by atoms with Gasteiger partial charge >= 0.3 is 0 Å². The molecule has 0 aliphatic carbocycles. The predicted molar refractivity (Wildman–Crippen MR) is 139 cm³/mol. The van der Waals surface area contributed by atoms with Crippen LogP contribution in [-0.2, 0) is 6.54 Å². The Hall–Kier alpha value is -3.51. The van der Waals surface area contributed by atoms with Crippen LogP contribution in [0.25, 0.3) is 10.9 Å². The predicted octanol–water partition coefficient (Wildman–Crippen LogP) is 7.44. The van der Waals surface area contributed by atoms with Gasteiger partial charge in [-0.25, -0.2) is 9.14 Å². The summed E-state index contributed by atoms with van der Waals surface area (Å²) in [6.07, 6.45) is 0.802. The summed E-state index contributed by atoms with van der Waals surface area (Å²) in [4.78, 5) is 11.4. The first-order chi connectivity index (χ1) is 16.7.